The van der Waals surface area contributed by atoms with Gasteiger partial charge in [0.1, 0.15) is 0 Å². The minimum Gasteiger partial charge on any atom is -0.380 e. The number of ether oxygens (including phenoxy) is 1. The Labute approximate surface area is 97.0 Å². The molecule has 1 fully saturated rings. The normalized spacial score (nSPS) is 28.3. The van der Waals surface area contributed by atoms with Gasteiger partial charge in [0.05, 0.1) is 6.61 Å². The molecule has 1 heterocycles. The number of fused-ring (bicyclic) bond motifs is 1. The molecule has 1 aromatic carbocycles. The predicted octanol–water partition coefficient (Wildman–Crippen LogP) is 2.36. The number of hydrogen-bond donors (Lipinski definition) is 1. The molecule has 2 atom stereocenters. The van der Waals surface area contributed by atoms with Crippen LogP contribution in [0.15, 0.2) is 18.2 Å². The van der Waals surface area contributed by atoms with Crippen molar-refractivity contribution in [2.45, 2.75) is 38.3 Å². The lowest BCUT2D eigenvalue weighted by Crippen LogP contribution is -2.32. The van der Waals surface area contributed by atoms with E-state index in [4.69, 9.17) is 4.74 Å². The summed E-state index contributed by atoms with van der Waals surface area (Å²) in [7, 11) is 0. The summed E-state index contributed by atoms with van der Waals surface area (Å²) in [6.45, 7) is 4.03. The topological polar surface area (TPSA) is 21.3 Å². The molecule has 16 heavy (non-hydrogen) atoms. The summed E-state index contributed by atoms with van der Waals surface area (Å²) in [5.41, 5.74) is 4.54. The van der Waals surface area contributed by atoms with Crippen LogP contribution in [0.3, 0.4) is 0 Å². The zero-order valence-electron chi connectivity index (χ0n) is 9.83. The minimum absolute atomic E-state index is 0.557. The molecule has 1 aliphatic heterocycles. The molecule has 0 saturated carbocycles. The molecule has 2 nitrogen and oxygen atoms in total. The molecule has 2 aliphatic rings. The van der Waals surface area contributed by atoms with E-state index in [-0.39, 0.29) is 0 Å². The Hall–Kier alpha value is -0.860. The minimum atomic E-state index is 0.557. The lowest BCUT2D eigenvalue weighted by atomic mass is 10.0. The molecule has 2 heteroatoms. The second-order valence-electron chi connectivity index (χ2n) is 4.96. The van der Waals surface area contributed by atoms with E-state index >= 15 is 0 Å². The van der Waals surface area contributed by atoms with Crippen molar-refractivity contribution in [3.63, 3.8) is 0 Å². The zero-order chi connectivity index (χ0) is 11.0. The van der Waals surface area contributed by atoms with E-state index in [1.165, 1.54) is 24.0 Å². The first kappa shape index (κ1) is 10.3. The van der Waals surface area contributed by atoms with Gasteiger partial charge in [-0.25, -0.2) is 0 Å². The first-order chi connectivity index (χ1) is 7.84. The third kappa shape index (κ3) is 1.76. The fourth-order valence-corrected chi connectivity index (χ4v) is 2.96. The number of nitrogens with one attached hydrogen (secondary N) is 1. The smallest absolute Gasteiger partial charge is 0.0620 e. The molecule has 3 rings (SSSR count). The number of benzene rings is 1. The van der Waals surface area contributed by atoms with Crippen LogP contribution in [0.4, 0.5) is 0 Å². The fraction of sp³-hybridized carbons (Fsp3) is 0.571. The Morgan fingerprint density at radius 3 is 3.06 bits per heavy atom. The molecule has 0 aromatic heterocycles. The quantitative estimate of drug-likeness (QED) is 0.821. The van der Waals surface area contributed by atoms with Gasteiger partial charge in [-0.15, -0.1) is 0 Å². The van der Waals surface area contributed by atoms with Gasteiger partial charge in [-0.2, -0.15) is 0 Å². The second kappa shape index (κ2) is 4.19. The van der Waals surface area contributed by atoms with E-state index in [0.717, 1.165) is 19.6 Å². The van der Waals surface area contributed by atoms with Crippen LogP contribution < -0.4 is 5.32 Å². The first-order valence-corrected chi connectivity index (χ1v) is 6.27. The zero-order valence-corrected chi connectivity index (χ0v) is 9.83. The highest BCUT2D eigenvalue weighted by molar-refractivity contribution is 5.40. The summed E-state index contributed by atoms with van der Waals surface area (Å²) in [5, 5.41) is 3.74. The van der Waals surface area contributed by atoms with E-state index in [9.17, 15) is 0 Å². The molecule has 2 unspecified atom stereocenters. The third-order valence-corrected chi connectivity index (χ3v) is 3.87. The molecule has 1 aromatic rings. The van der Waals surface area contributed by atoms with Crippen molar-refractivity contribution in [2.75, 3.05) is 13.2 Å². The Morgan fingerprint density at radius 2 is 2.25 bits per heavy atom. The maximum absolute atomic E-state index is 5.42. The first-order valence-electron chi connectivity index (χ1n) is 6.27. The molecule has 1 saturated heterocycles. The van der Waals surface area contributed by atoms with E-state index in [1.807, 2.05) is 0 Å². The number of aryl methyl sites for hydroxylation is 1. The van der Waals surface area contributed by atoms with Crippen LogP contribution in [-0.4, -0.2) is 19.3 Å². The SMILES string of the molecule is Cc1cccc2c1CCC2NC1CCOC1. The monoisotopic (exact) mass is 217 g/mol. The lowest BCUT2D eigenvalue weighted by Gasteiger charge is -2.18. The number of hydrogen-bond acceptors (Lipinski definition) is 2. The maximum atomic E-state index is 5.42. The van der Waals surface area contributed by atoms with Crippen LogP contribution >= 0.6 is 0 Å². The van der Waals surface area contributed by atoms with Crippen LogP contribution in [0.1, 0.15) is 35.6 Å². The molecule has 0 spiro atoms. The average Bonchev–Trinajstić information content (AvgIpc) is 2.90. The molecule has 86 valence electrons. The van der Waals surface area contributed by atoms with Crippen LogP contribution in [0, 0.1) is 6.92 Å². The third-order valence-electron chi connectivity index (χ3n) is 3.87. The van der Waals surface area contributed by atoms with E-state index in [0.29, 0.717) is 12.1 Å². The van der Waals surface area contributed by atoms with Crippen molar-refractivity contribution < 1.29 is 4.74 Å². The van der Waals surface area contributed by atoms with Crippen LogP contribution in [-0.2, 0) is 11.2 Å². The van der Waals surface area contributed by atoms with Crippen molar-refractivity contribution in [1.29, 1.82) is 0 Å². The highest BCUT2D eigenvalue weighted by atomic mass is 16.5. The number of rotatable bonds is 2. The molecular weight excluding hydrogens is 198 g/mol. The summed E-state index contributed by atoms with van der Waals surface area (Å²) in [6, 6.07) is 7.81. The van der Waals surface area contributed by atoms with Gasteiger partial charge in [0.25, 0.3) is 0 Å². The summed E-state index contributed by atoms with van der Waals surface area (Å²) in [5.74, 6) is 0. The van der Waals surface area contributed by atoms with Crippen molar-refractivity contribution in [1.82, 2.24) is 5.32 Å². The lowest BCUT2D eigenvalue weighted by molar-refractivity contribution is 0.188. The molecule has 1 N–H and O–H groups in total. The van der Waals surface area contributed by atoms with Gasteiger partial charge >= 0.3 is 0 Å². The Bertz CT molecular complexity index is 382. The van der Waals surface area contributed by atoms with E-state index in [2.05, 4.69) is 30.4 Å². The summed E-state index contributed by atoms with van der Waals surface area (Å²) in [4.78, 5) is 0. The van der Waals surface area contributed by atoms with Crippen molar-refractivity contribution in [3.8, 4) is 0 Å². The molecule has 0 amide bonds. The fourth-order valence-electron chi connectivity index (χ4n) is 2.96. The molecular formula is C14H19NO. The van der Waals surface area contributed by atoms with E-state index in [1.54, 1.807) is 5.56 Å². The van der Waals surface area contributed by atoms with Gasteiger partial charge in [0, 0.05) is 18.7 Å². The highest BCUT2D eigenvalue weighted by Crippen LogP contribution is 2.33. The summed E-state index contributed by atoms with van der Waals surface area (Å²) < 4.78 is 5.42. The summed E-state index contributed by atoms with van der Waals surface area (Å²) in [6.07, 6.45) is 3.64. The van der Waals surface area contributed by atoms with Crippen LogP contribution in [0.5, 0.6) is 0 Å². The maximum Gasteiger partial charge on any atom is 0.0620 e. The molecule has 0 bridgehead atoms. The second-order valence-corrected chi connectivity index (χ2v) is 4.96. The van der Waals surface area contributed by atoms with Gasteiger partial charge in [-0.05, 0) is 42.9 Å². The van der Waals surface area contributed by atoms with Gasteiger partial charge in [-0.3, -0.25) is 0 Å². The van der Waals surface area contributed by atoms with Gasteiger partial charge in [0.2, 0.25) is 0 Å². The van der Waals surface area contributed by atoms with E-state index < -0.39 is 0 Å². The van der Waals surface area contributed by atoms with Gasteiger partial charge < -0.3 is 10.1 Å². The standard InChI is InChI=1S/C14H19NO/c1-10-3-2-4-13-12(10)5-6-14(13)15-11-7-8-16-9-11/h2-4,11,14-15H,5-9H2,1H3. The Balaban J connectivity index is 1.78. The van der Waals surface area contributed by atoms with Gasteiger partial charge in [-0.1, -0.05) is 18.2 Å². The van der Waals surface area contributed by atoms with Crippen molar-refractivity contribution >= 4 is 0 Å². The average molecular weight is 217 g/mol. The molecule has 1 aliphatic carbocycles. The Morgan fingerprint density at radius 1 is 1.31 bits per heavy atom. The summed E-state index contributed by atoms with van der Waals surface area (Å²) >= 11 is 0. The largest absolute Gasteiger partial charge is 0.380 e. The van der Waals surface area contributed by atoms with Crippen molar-refractivity contribution in [2.24, 2.45) is 0 Å². The predicted molar refractivity (Wildman–Crippen MR) is 64.6 cm³/mol. The van der Waals surface area contributed by atoms with Gasteiger partial charge in [0.15, 0.2) is 0 Å². The van der Waals surface area contributed by atoms with Crippen LogP contribution in [0.25, 0.3) is 0 Å². The molecule has 0 radical (unpaired) electrons. The Kier molecular flexibility index (Phi) is 2.70. The van der Waals surface area contributed by atoms with Crippen molar-refractivity contribution in [3.05, 3.63) is 34.9 Å². The van der Waals surface area contributed by atoms with Crippen LogP contribution in [0.2, 0.25) is 0 Å². The highest BCUT2D eigenvalue weighted by Gasteiger charge is 2.26.